The summed E-state index contributed by atoms with van der Waals surface area (Å²) in [6.45, 7) is 0. The van der Waals surface area contributed by atoms with E-state index >= 15 is 0 Å². The molecule has 2 fully saturated rings. The second-order valence-corrected chi connectivity index (χ2v) is 8.42. The summed E-state index contributed by atoms with van der Waals surface area (Å²) < 4.78 is 5.27. The molecule has 2 aliphatic carbocycles. The van der Waals surface area contributed by atoms with Gasteiger partial charge < -0.3 is 4.74 Å². The molecule has 0 amide bonds. The zero-order chi connectivity index (χ0) is 17.5. The lowest BCUT2D eigenvalue weighted by molar-refractivity contribution is 0.246. The van der Waals surface area contributed by atoms with Gasteiger partial charge in [0.1, 0.15) is 5.75 Å². The molecule has 1 nitrogen and oxygen atoms in total. The normalized spacial score (nSPS) is 30.5. The standard InChI is InChI=1S/C23H33ClO/c1-25-23-14-12-22(13-15-23)21-10-8-19(9-11-21)3-2-18-4-6-20(7-5-18)16-17-24/h12-21H,2-11H2,1H3/b17-16+. The third kappa shape index (κ3) is 5.51. The van der Waals surface area contributed by atoms with Crippen molar-refractivity contribution in [3.05, 3.63) is 41.4 Å². The molecule has 1 aromatic rings. The van der Waals surface area contributed by atoms with Crippen molar-refractivity contribution >= 4 is 11.6 Å². The van der Waals surface area contributed by atoms with E-state index in [1.807, 2.05) is 0 Å². The van der Waals surface area contributed by atoms with Gasteiger partial charge in [0.25, 0.3) is 0 Å². The van der Waals surface area contributed by atoms with Gasteiger partial charge in [-0.3, -0.25) is 0 Å². The fourth-order valence-electron chi connectivity index (χ4n) is 4.90. The number of methoxy groups -OCH3 is 1. The highest BCUT2D eigenvalue weighted by molar-refractivity contribution is 6.25. The van der Waals surface area contributed by atoms with Crippen LogP contribution in [0, 0.1) is 17.8 Å². The molecule has 0 aromatic heterocycles. The number of allylic oxidation sites excluding steroid dienone is 1. The van der Waals surface area contributed by atoms with Gasteiger partial charge in [0.2, 0.25) is 0 Å². The highest BCUT2D eigenvalue weighted by Gasteiger charge is 2.24. The van der Waals surface area contributed by atoms with Gasteiger partial charge in [0.05, 0.1) is 7.11 Å². The van der Waals surface area contributed by atoms with E-state index in [0.717, 1.165) is 29.4 Å². The molecule has 2 heteroatoms. The Morgan fingerprint density at radius 3 is 1.96 bits per heavy atom. The topological polar surface area (TPSA) is 9.23 Å². The van der Waals surface area contributed by atoms with Gasteiger partial charge in [-0.15, -0.1) is 0 Å². The highest BCUT2D eigenvalue weighted by Crippen LogP contribution is 2.40. The second kappa shape index (κ2) is 9.67. The molecular weight excluding hydrogens is 328 g/mol. The van der Waals surface area contributed by atoms with Crippen LogP contribution in [-0.2, 0) is 0 Å². The first kappa shape index (κ1) is 18.8. The number of rotatable bonds is 6. The van der Waals surface area contributed by atoms with E-state index in [-0.39, 0.29) is 0 Å². The van der Waals surface area contributed by atoms with E-state index in [0.29, 0.717) is 0 Å². The second-order valence-electron chi connectivity index (χ2n) is 8.17. The minimum atomic E-state index is 0.744. The lowest BCUT2D eigenvalue weighted by atomic mass is 9.74. The summed E-state index contributed by atoms with van der Waals surface area (Å²) in [5.74, 6) is 4.41. The first-order valence-electron chi connectivity index (χ1n) is 10.2. The molecule has 0 heterocycles. The fraction of sp³-hybridized carbons (Fsp3) is 0.652. The van der Waals surface area contributed by atoms with Crippen LogP contribution in [0.25, 0.3) is 0 Å². The Bertz CT molecular complexity index is 520. The SMILES string of the molecule is COc1ccc(C2CCC(CCC3CCC(/C=C/Cl)CC3)CC2)cc1. The van der Waals surface area contributed by atoms with Crippen molar-refractivity contribution in [3.8, 4) is 5.75 Å². The first-order chi connectivity index (χ1) is 12.3. The summed E-state index contributed by atoms with van der Waals surface area (Å²) in [6.07, 6.45) is 16.2. The van der Waals surface area contributed by atoms with E-state index in [9.17, 15) is 0 Å². The smallest absolute Gasteiger partial charge is 0.118 e. The number of halogens is 1. The maximum Gasteiger partial charge on any atom is 0.118 e. The van der Waals surface area contributed by atoms with Crippen molar-refractivity contribution in [2.24, 2.45) is 17.8 Å². The van der Waals surface area contributed by atoms with Crippen LogP contribution in [0.15, 0.2) is 35.9 Å². The third-order valence-electron chi connectivity index (χ3n) is 6.65. The lowest BCUT2D eigenvalue weighted by Crippen LogP contribution is -2.17. The van der Waals surface area contributed by atoms with Crippen LogP contribution in [0.5, 0.6) is 5.75 Å². The molecular formula is C23H33ClO. The van der Waals surface area contributed by atoms with Crippen LogP contribution in [0.3, 0.4) is 0 Å². The molecule has 3 rings (SSSR count). The molecule has 0 unspecified atom stereocenters. The van der Waals surface area contributed by atoms with Crippen LogP contribution < -0.4 is 4.74 Å². The van der Waals surface area contributed by atoms with Crippen molar-refractivity contribution in [3.63, 3.8) is 0 Å². The summed E-state index contributed by atoms with van der Waals surface area (Å²) in [4.78, 5) is 0. The molecule has 0 bridgehead atoms. The summed E-state index contributed by atoms with van der Waals surface area (Å²) in [5.41, 5.74) is 3.22. The molecule has 138 valence electrons. The third-order valence-corrected chi connectivity index (χ3v) is 6.80. The Labute approximate surface area is 158 Å². The van der Waals surface area contributed by atoms with Gasteiger partial charge in [-0.05, 0) is 92.7 Å². The number of benzene rings is 1. The summed E-state index contributed by atoms with van der Waals surface area (Å²) in [7, 11) is 1.74. The van der Waals surface area contributed by atoms with Gasteiger partial charge in [-0.1, -0.05) is 42.7 Å². The molecule has 0 radical (unpaired) electrons. The van der Waals surface area contributed by atoms with Crippen molar-refractivity contribution in [1.29, 1.82) is 0 Å². The molecule has 1 aromatic carbocycles. The van der Waals surface area contributed by atoms with Crippen molar-refractivity contribution in [2.75, 3.05) is 7.11 Å². The molecule has 25 heavy (non-hydrogen) atoms. The molecule has 0 N–H and O–H groups in total. The average molecular weight is 361 g/mol. The summed E-state index contributed by atoms with van der Waals surface area (Å²) in [6, 6.07) is 8.74. The monoisotopic (exact) mass is 360 g/mol. The Morgan fingerprint density at radius 1 is 0.880 bits per heavy atom. The lowest BCUT2D eigenvalue weighted by Gasteiger charge is -2.31. The van der Waals surface area contributed by atoms with Crippen molar-refractivity contribution < 1.29 is 4.74 Å². The predicted molar refractivity (Wildman–Crippen MR) is 107 cm³/mol. The van der Waals surface area contributed by atoms with Crippen LogP contribution in [-0.4, -0.2) is 7.11 Å². The maximum atomic E-state index is 5.72. The molecule has 2 saturated carbocycles. The van der Waals surface area contributed by atoms with Gasteiger partial charge in [0.15, 0.2) is 0 Å². The molecule has 0 atom stereocenters. The van der Waals surface area contributed by atoms with Crippen LogP contribution >= 0.6 is 11.6 Å². The van der Waals surface area contributed by atoms with E-state index in [1.165, 1.54) is 69.8 Å². The fourth-order valence-corrected chi connectivity index (χ4v) is 5.11. The van der Waals surface area contributed by atoms with E-state index in [2.05, 4.69) is 30.3 Å². The number of hydrogen-bond donors (Lipinski definition) is 0. The van der Waals surface area contributed by atoms with E-state index in [1.54, 1.807) is 12.6 Å². The van der Waals surface area contributed by atoms with Gasteiger partial charge in [0, 0.05) is 5.54 Å². The van der Waals surface area contributed by atoms with E-state index < -0.39 is 0 Å². The minimum absolute atomic E-state index is 0.744. The molecule has 2 aliphatic rings. The molecule has 0 aliphatic heterocycles. The summed E-state index contributed by atoms with van der Waals surface area (Å²) >= 11 is 5.72. The summed E-state index contributed by atoms with van der Waals surface area (Å²) in [5, 5.41) is 0. The zero-order valence-electron chi connectivity index (χ0n) is 15.6. The maximum absolute atomic E-state index is 5.72. The molecule has 0 spiro atoms. The van der Waals surface area contributed by atoms with Crippen LogP contribution in [0.2, 0.25) is 0 Å². The van der Waals surface area contributed by atoms with Crippen LogP contribution in [0.1, 0.15) is 75.7 Å². The number of hydrogen-bond acceptors (Lipinski definition) is 1. The number of ether oxygens (including phenoxy) is 1. The Balaban J connectivity index is 1.36. The van der Waals surface area contributed by atoms with E-state index in [4.69, 9.17) is 16.3 Å². The Kier molecular flexibility index (Phi) is 7.28. The van der Waals surface area contributed by atoms with Crippen molar-refractivity contribution in [1.82, 2.24) is 0 Å². The van der Waals surface area contributed by atoms with Gasteiger partial charge in [-0.2, -0.15) is 0 Å². The van der Waals surface area contributed by atoms with Gasteiger partial charge in [-0.25, -0.2) is 0 Å². The Hall–Kier alpha value is -0.950. The Morgan fingerprint density at radius 2 is 1.44 bits per heavy atom. The highest BCUT2D eigenvalue weighted by atomic mass is 35.5. The average Bonchev–Trinajstić information content (AvgIpc) is 2.68. The van der Waals surface area contributed by atoms with Crippen LogP contribution in [0.4, 0.5) is 0 Å². The molecule has 0 saturated heterocycles. The zero-order valence-corrected chi connectivity index (χ0v) is 16.4. The van der Waals surface area contributed by atoms with Gasteiger partial charge >= 0.3 is 0 Å². The van der Waals surface area contributed by atoms with Crippen molar-refractivity contribution in [2.45, 2.75) is 70.1 Å². The largest absolute Gasteiger partial charge is 0.497 e. The first-order valence-corrected chi connectivity index (χ1v) is 10.6. The minimum Gasteiger partial charge on any atom is -0.497 e. The quantitative estimate of drug-likeness (QED) is 0.516. The predicted octanol–water partition coefficient (Wildman–Crippen LogP) is 7.31.